The molecule has 2 aromatic rings. The first-order valence-corrected chi connectivity index (χ1v) is 8.79. The van der Waals surface area contributed by atoms with E-state index >= 15 is 0 Å². The number of aromatic nitrogens is 1. The fourth-order valence-corrected chi connectivity index (χ4v) is 3.59. The molecule has 0 saturated heterocycles. The number of ether oxygens (including phenoxy) is 1. The number of nitrogen functional groups attached to an aromatic ring is 1. The van der Waals surface area contributed by atoms with E-state index in [0.717, 1.165) is 5.01 Å². The lowest BCUT2D eigenvalue weighted by molar-refractivity contribution is 0.331. The second-order valence-electron chi connectivity index (χ2n) is 4.21. The first kappa shape index (κ1) is 15.7. The molecular formula is C13H17N3O3S2. The Labute approximate surface area is 128 Å². The number of hydrogen-bond donors (Lipinski definition) is 2. The van der Waals surface area contributed by atoms with Gasteiger partial charge < -0.3 is 10.5 Å². The van der Waals surface area contributed by atoms with Crippen molar-refractivity contribution in [2.24, 2.45) is 0 Å². The van der Waals surface area contributed by atoms with Gasteiger partial charge in [-0.1, -0.05) is 0 Å². The van der Waals surface area contributed by atoms with E-state index in [4.69, 9.17) is 10.5 Å². The van der Waals surface area contributed by atoms with Crippen LogP contribution in [-0.4, -0.2) is 26.6 Å². The monoisotopic (exact) mass is 327 g/mol. The van der Waals surface area contributed by atoms with Gasteiger partial charge in [0, 0.05) is 30.2 Å². The number of nitrogens with one attached hydrogen (secondary N) is 1. The van der Waals surface area contributed by atoms with Crippen LogP contribution in [0.3, 0.4) is 0 Å². The molecule has 1 aromatic carbocycles. The zero-order valence-corrected chi connectivity index (χ0v) is 13.2. The first-order chi connectivity index (χ1) is 10.0. The van der Waals surface area contributed by atoms with Crippen LogP contribution < -0.4 is 15.2 Å². The molecule has 0 aliphatic carbocycles. The van der Waals surface area contributed by atoms with Crippen molar-refractivity contribution in [2.45, 2.75) is 18.2 Å². The Morgan fingerprint density at radius 2 is 2.24 bits per heavy atom. The van der Waals surface area contributed by atoms with E-state index in [0.29, 0.717) is 24.5 Å². The van der Waals surface area contributed by atoms with Crippen LogP contribution in [0.2, 0.25) is 0 Å². The summed E-state index contributed by atoms with van der Waals surface area (Å²) in [5, 5.41) is 2.74. The van der Waals surface area contributed by atoms with Crippen LogP contribution in [0.25, 0.3) is 0 Å². The first-order valence-electron chi connectivity index (χ1n) is 6.43. The van der Waals surface area contributed by atoms with E-state index in [2.05, 4.69) is 9.71 Å². The summed E-state index contributed by atoms with van der Waals surface area (Å²) in [6, 6.07) is 4.57. The third kappa shape index (κ3) is 4.16. The highest BCUT2D eigenvalue weighted by atomic mass is 32.2. The number of anilines is 1. The Bertz CT molecular complexity index is 685. The van der Waals surface area contributed by atoms with Crippen molar-refractivity contribution >= 4 is 27.0 Å². The average molecular weight is 327 g/mol. The van der Waals surface area contributed by atoms with Gasteiger partial charge >= 0.3 is 0 Å². The predicted molar refractivity (Wildman–Crippen MR) is 83.0 cm³/mol. The van der Waals surface area contributed by atoms with Crippen molar-refractivity contribution in [3.8, 4) is 5.75 Å². The van der Waals surface area contributed by atoms with Crippen molar-refractivity contribution < 1.29 is 13.2 Å². The third-order valence-electron chi connectivity index (χ3n) is 2.67. The summed E-state index contributed by atoms with van der Waals surface area (Å²) in [4.78, 5) is 4.17. The van der Waals surface area contributed by atoms with Gasteiger partial charge in [0.25, 0.3) is 0 Å². The molecule has 3 N–H and O–H groups in total. The van der Waals surface area contributed by atoms with Crippen LogP contribution in [0.15, 0.2) is 34.7 Å². The highest BCUT2D eigenvalue weighted by molar-refractivity contribution is 7.89. The Morgan fingerprint density at radius 3 is 2.90 bits per heavy atom. The molecule has 21 heavy (non-hydrogen) atoms. The predicted octanol–water partition coefficient (Wildman–Crippen LogP) is 1.64. The molecule has 0 radical (unpaired) electrons. The number of thiazole rings is 1. The van der Waals surface area contributed by atoms with Crippen molar-refractivity contribution in [3.63, 3.8) is 0 Å². The van der Waals surface area contributed by atoms with Crippen LogP contribution in [-0.2, 0) is 16.4 Å². The van der Waals surface area contributed by atoms with Gasteiger partial charge in [-0.2, -0.15) is 0 Å². The van der Waals surface area contributed by atoms with Crippen LogP contribution >= 0.6 is 11.3 Å². The molecule has 0 bridgehead atoms. The maximum absolute atomic E-state index is 12.3. The molecule has 0 fully saturated rings. The van der Waals surface area contributed by atoms with E-state index < -0.39 is 10.0 Å². The minimum atomic E-state index is -3.67. The van der Waals surface area contributed by atoms with Gasteiger partial charge in [0.2, 0.25) is 10.0 Å². The van der Waals surface area contributed by atoms with E-state index in [9.17, 15) is 8.42 Å². The molecule has 0 aliphatic heterocycles. The summed E-state index contributed by atoms with van der Waals surface area (Å²) in [6.07, 6.45) is 2.24. The van der Waals surface area contributed by atoms with Crippen LogP contribution in [0.1, 0.15) is 11.9 Å². The largest absolute Gasteiger partial charge is 0.492 e. The van der Waals surface area contributed by atoms with Gasteiger partial charge in [0.1, 0.15) is 10.6 Å². The summed E-state index contributed by atoms with van der Waals surface area (Å²) < 4.78 is 32.6. The third-order valence-corrected chi connectivity index (χ3v) is 4.99. The Hall–Kier alpha value is -1.64. The quantitative estimate of drug-likeness (QED) is 0.754. The van der Waals surface area contributed by atoms with Crippen molar-refractivity contribution in [3.05, 3.63) is 34.8 Å². The zero-order valence-electron chi connectivity index (χ0n) is 11.6. The molecule has 0 amide bonds. The minimum Gasteiger partial charge on any atom is -0.492 e. The minimum absolute atomic E-state index is 0.0588. The molecule has 6 nitrogen and oxygen atoms in total. The fourth-order valence-electron chi connectivity index (χ4n) is 1.76. The van der Waals surface area contributed by atoms with Crippen LogP contribution in [0, 0.1) is 0 Å². The summed E-state index contributed by atoms with van der Waals surface area (Å²) in [6.45, 7) is 2.45. The van der Waals surface area contributed by atoms with Gasteiger partial charge in [0.05, 0.1) is 11.6 Å². The molecule has 0 spiro atoms. The standard InChI is InChI=1S/C13H17N3O3S2/c1-2-19-11-4-3-10(14)9-12(11)21(17,18)16-6-5-13-15-7-8-20-13/h3-4,7-9,16H,2,5-6,14H2,1H3. The Balaban J connectivity index is 2.12. The second-order valence-corrected chi connectivity index (χ2v) is 6.93. The number of hydrogen-bond acceptors (Lipinski definition) is 6. The number of nitrogens with two attached hydrogens (primary N) is 1. The molecule has 0 unspecified atom stereocenters. The van der Waals surface area contributed by atoms with E-state index in [1.807, 2.05) is 5.38 Å². The van der Waals surface area contributed by atoms with Crippen molar-refractivity contribution in [1.82, 2.24) is 9.71 Å². The summed E-state index contributed by atoms with van der Waals surface area (Å²) in [7, 11) is -3.67. The van der Waals surface area contributed by atoms with Gasteiger partial charge in [-0.25, -0.2) is 18.1 Å². The fraction of sp³-hybridized carbons (Fsp3) is 0.308. The highest BCUT2D eigenvalue weighted by Crippen LogP contribution is 2.26. The Morgan fingerprint density at radius 1 is 1.43 bits per heavy atom. The molecule has 0 atom stereocenters. The van der Waals surface area contributed by atoms with Gasteiger partial charge in [-0.3, -0.25) is 0 Å². The van der Waals surface area contributed by atoms with Gasteiger partial charge in [-0.05, 0) is 25.1 Å². The van der Waals surface area contributed by atoms with Crippen molar-refractivity contribution in [2.75, 3.05) is 18.9 Å². The number of nitrogens with zero attached hydrogens (tertiary/aromatic N) is 1. The topological polar surface area (TPSA) is 94.3 Å². The van der Waals surface area contributed by atoms with Gasteiger partial charge in [0.15, 0.2) is 0 Å². The van der Waals surface area contributed by atoms with Crippen LogP contribution in [0.4, 0.5) is 5.69 Å². The molecule has 1 heterocycles. The number of rotatable bonds is 7. The Kier molecular flexibility index (Phi) is 5.16. The van der Waals surface area contributed by atoms with E-state index in [1.54, 1.807) is 25.3 Å². The molecular weight excluding hydrogens is 310 g/mol. The molecule has 8 heteroatoms. The molecule has 2 rings (SSSR count). The summed E-state index contributed by atoms with van der Waals surface area (Å²) in [5.74, 6) is 0.299. The number of sulfonamides is 1. The molecule has 0 aliphatic rings. The normalized spacial score (nSPS) is 11.5. The number of benzene rings is 1. The molecule has 114 valence electrons. The van der Waals surface area contributed by atoms with E-state index in [1.165, 1.54) is 17.4 Å². The van der Waals surface area contributed by atoms with Crippen LogP contribution in [0.5, 0.6) is 5.75 Å². The lowest BCUT2D eigenvalue weighted by Gasteiger charge is -2.12. The highest BCUT2D eigenvalue weighted by Gasteiger charge is 2.19. The van der Waals surface area contributed by atoms with Gasteiger partial charge in [-0.15, -0.1) is 11.3 Å². The maximum Gasteiger partial charge on any atom is 0.244 e. The smallest absolute Gasteiger partial charge is 0.244 e. The lowest BCUT2D eigenvalue weighted by Crippen LogP contribution is -2.26. The lowest BCUT2D eigenvalue weighted by atomic mass is 10.3. The maximum atomic E-state index is 12.3. The summed E-state index contributed by atoms with van der Waals surface area (Å²) in [5.41, 5.74) is 6.04. The zero-order chi connectivity index (χ0) is 15.3. The molecule has 0 saturated carbocycles. The second kappa shape index (κ2) is 6.88. The average Bonchev–Trinajstić information content (AvgIpc) is 2.94. The van der Waals surface area contributed by atoms with Crippen molar-refractivity contribution in [1.29, 1.82) is 0 Å². The summed E-state index contributed by atoms with van der Waals surface area (Å²) >= 11 is 1.49. The van der Waals surface area contributed by atoms with E-state index in [-0.39, 0.29) is 11.4 Å². The SMILES string of the molecule is CCOc1ccc(N)cc1S(=O)(=O)NCCc1nccs1. The molecule has 1 aromatic heterocycles.